The second-order valence-electron chi connectivity index (χ2n) is 6.37. The highest BCUT2D eigenvalue weighted by Gasteiger charge is 2.38. The highest BCUT2D eigenvalue weighted by molar-refractivity contribution is 7.99. The highest BCUT2D eigenvalue weighted by atomic mass is 32.2. The van der Waals surface area contributed by atoms with Crippen molar-refractivity contribution < 1.29 is 18.7 Å². The summed E-state index contributed by atoms with van der Waals surface area (Å²) >= 11 is 1.42. The molecule has 1 aromatic carbocycles. The summed E-state index contributed by atoms with van der Waals surface area (Å²) in [6.45, 7) is -0.347. The normalized spacial score (nSPS) is 15.7. The van der Waals surface area contributed by atoms with Crippen LogP contribution in [0.5, 0.6) is 0 Å². The Kier molecular flexibility index (Phi) is 7.46. The van der Waals surface area contributed by atoms with Crippen LogP contribution in [0.2, 0.25) is 0 Å². The Morgan fingerprint density at radius 3 is 2.54 bits per heavy atom. The van der Waals surface area contributed by atoms with Crippen LogP contribution in [0.4, 0.5) is 4.39 Å². The lowest BCUT2D eigenvalue weighted by Crippen LogP contribution is -2.51. The number of halogens is 1. The molecule has 0 saturated heterocycles. The molecule has 0 unspecified atom stereocenters. The third-order valence-corrected chi connectivity index (χ3v) is 5.66. The van der Waals surface area contributed by atoms with Crippen LogP contribution in [0, 0.1) is 17.1 Å². The summed E-state index contributed by atoms with van der Waals surface area (Å²) in [6.07, 6.45) is 4.40. The van der Waals surface area contributed by atoms with Crippen LogP contribution in [-0.4, -0.2) is 41.7 Å². The molecule has 0 aromatic heterocycles. The predicted octanol–water partition coefficient (Wildman–Crippen LogP) is 3.54. The van der Waals surface area contributed by atoms with E-state index < -0.39 is 11.5 Å². The van der Waals surface area contributed by atoms with Gasteiger partial charge in [-0.15, -0.1) is 11.8 Å². The first-order valence-electron chi connectivity index (χ1n) is 8.69. The Balaban J connectivity index is 1.73. The number of hydrogen-bond donors (Lipinski definition) is 0. The predicted molar refractivity (Wildman–Crippen MR) is 96.9 cm³/mol. The smallest absolute Gasteiger partial charge is 0.307 e. The van der Waals surface area contributed by atoms with Crippen molar-refractivity contribution in [1.82, 2.24) is 4.90 Å². The van der Waals surface area contributed by atoms with Crippen molar-refractivity contribution in [2.24, 2.45) is 0 Å². The highest BCUT2D eigenvalue weighted by Crippen LogP contribution is 2.32. The average molecular weight is 378 g/mol. The van der Waals surface area contributed by atoms with Crippen LogP contribution < -0.4 is 0 Å². The van der Waals surface area contributed by atoms with Gasteiger partial charge in [0, 0.05) is 17.7 Å². The van der Waals surface area contributed by atoms with E-state index in [0.29, 0.717) is 18.6 Å². The number of benzene rings is 1. The summed E-state index contributed by atoms with van der Waals surface area (Å²) in [5, 5.41) is 9.50. The Morgan fingerprint density at radius 2 is 1.92 bits per heavy atom. The van der Waals surface area contributed by atoms with E-state index in [1.165, 1.54) is 28.8 Å². The van der Waals surface area contributed by atoms with Gasteiger partial charge in [0.25, 0.3) is 5.91 Å². The van der Waals surface area contributed by atoms with Gasteiger partial charge in [-0.05, 0) is 37.1 Å². The third-order valence-electron chi connectivity index (χ3n) is 4.65. The monoisotopic (exact) mass is 378 g/mol. The molecule has 26 heavy (non-hydrogen) atoms. The van der Waals surface area contributed by atoms with Gasteiger partial charge in [-0.2, -0.15) is 5.26 Å². The fourth-order valence-electron chi connectivity index (χ4n) is 2.99. The minimum atomic E-state index is -0.778. The zero-order valence-corrected chi connectivity index (χ0v) is 15.7. The average Bonchev–Trinajstić information content (AvgIpc) is 2.67. The van der Waals surface area contributed by atoms with Crippen LogP contribution in [0.25, 0.3) is 0 Å². The molecule has 0 bridgehead atoms. The van der Waals surface area contributed by atoms with Gasteiger partial charge in [0.1, 0.15) is 11.4 Å². The summed E-state index contributed by atoms with van der Waals surface area (Å²) < 4.78 is 17.9. The van der Waals surface area contributed by atoms with Crippen molar-refractivity contribution in [1.29, 1.82) is 5.26 Å². The van der Waals surface area contributed by atoms with Crippen molar-refractivity contribution in [3.63, 3.8) is 0 Å². The third kappa shape index (κ3) is 5.46. The molecule has 0 radical (unpaired) electrons. The lowest BCUT2D eigenvalue weighted by molar-refractivity contribution is -0.153. The first-order chi connectivity index (χ1) is 12.5. The van der Waals surface area contributed by atoms with Crippen LogP contribution >= 0.6 is 11.8 Å². The number of ether oxygens (including phenoxy) is 1. The van der Waals surface area contributed by atoms with Crippen LogP contribution in [0.1, 0.15) is 38.5 Å². The van der Waals surface area contributed by atoms with Gasteiger partial charge in [-0.1, -0.05) is 19.3 Å². The molecule has 1 amide bonds. The number of thioether (sulfide) groups is 1. The van der Waals surface area contributed by atoms with Gasteiger partial charge in [-0.25, -0.2) is 4.39 Å². The summed E-state index contributed by atoms with van der Waals surface area (Å²) in [7, 11) is 1.61. The van der Waals surface area contributed by atoms with Gasteiger partial charge in [0.15, 0.2) is 6.61 Å². The molecule has 5 nitrogen and oxygen atoms in total. The van der Waals surface area contributed by atoms with Gasteiger partial charge < -0.3 is 9.64 Å². The number of amides is 1. The molecular formula is C19H23FN2O3S. The molecule has 1 saturated carbocycles. The lowest BCUT2D eigenvalue weighted by atomic mass is 9.81. The molecule has 1 aliphatic carbocycles. The van der Waals surface area contributed by atoms with E-state index in [1.54, 1.807) is 19.2 Å². The second-order valence-corrected chi connectivity index (χ2v) is 7.54. The molecule has 1 aromatic rings. The number of esters is 1. The summed E-state index contributed by atoms with van der Waals surface area (Å²) in [5.41, 5.74) is -0.778. The number of hydrogen-bond acceptors (Lipinski definition) is 5. The maximum absolute atomic E-state index is 12.8. The summed E-state index contributed by atoms with van der Waals surface area (Å²) in [4.78, 5) is 26.4. The van der Waals surface area contributed by atoms with Crippen molar-refractivity contribution in [2.45, 2.75) is 49.0 Å². The maximum atomic E-state index is 12.8. The van der Waals surface area contributed by atoms with E-state index in [2.05, 4.69) is 6.07 Å². The first kappa shape index (κ1) is 20.2. The Hall–Kier alpha value is -2.07. The zero-order valence-electron chi connectivity index (χ0n) is 14.9. The molecule has 2 rings (SSSR count). The molecule has 7 heteroatoms. The number of nitriles is 1. The van der Waals surface area contributed by atoms with E-state index in [1.807, 2.05) is 0 Å². The fraction of sp³-hybridized carbons (Fsp3) is 0.526. The maximum Gasteiger partial charge on any atom is 0.307 e. The molecule has 1 aliphatic rings. The van der Waals surface area contributed by atoms with Crippen LogP contribution in [0.3, 0.4) is 0 Å². The fourth-order valence-corrected chi connectivity index (χ4v) is 3.82. The topological polar surface area (TPSA) is 70.4 Å². The standard InChI is InChI=1S/C19H23FN2O3S/c1-22(19(14-21)10-3-2-4-11-19)17(23)13-25-18(24)9-12-26-16-7-5-15(20)6-8-16/h5-8H,2-4,9-13H2,1H3. The van der Waals surface area contributed by atoms with Gasteiger partial charge >= 0.3 is 5.97 Å². The van der Waals surface area contributed by atoms with Gasteiger partial charge in [0.2, 0.25) is 0 Å². The van der Waals surface area contributed by atoms with Crippen LogP contribution in [0.15, 0.2) is 29.2 Å². The van der Waals surface area contributed by atoms with Crippen molar-refractivity contribution in [2.75, 3.05) is 19.4 Å². The van der Waals surface area contributed by atoms with Crippen molar-refractivity contribution in [3.05, 3.63) is 30.1 Å². The van der Waals surface area contributed by atoms with Crippen molar-refractivity contribution in [3.8, 4) is 6.07 Å². The zero-order chi connectivity index (χ0) is 19.0. The molecule has 1 fully saturated rings. The number of carbonyl (C=O) groups is 2. The lowest BCUT2D eigenvalue weighted by Gasteiger charge is -2.38. The van der Waals surface area contributed by atoms with Gasteiger partial charge in [-0.3, -0.25) is 9.59 Å². The van der Waals surface area contributed by atoms with E-state index in [0.717, 1.165) is 24.2 Å². The number of rotatable bonds is 7. The SMILES string of the molecule is CN(C(=O)COC(=O)CCSc1ccc(F)cc1)C1(C#N)CCCCC1. The molecule has 0 spiro atoms. The Bertz CT molecular complexity index is 666. The van der Waals surface area contributed by atoms with Crippen molar-refractivity contribution >= 4 is 23.6 Å². The number of likely N-dealkylation sites (N-methyl/N-ethyl adjacent to an activating group) is 1. The first-order valence-corrected chi connectivity index (χ1v) is 9.67. The minimum Gasteiger partial charge on any atom is -0.456 e. The quantitative estimate of drug-likeness (QED) is 0.536. The van der Waals surface area contributed by atoms with E-state index in [-0.39, 0.29) is 24.8 Å². The molecule has 0 atom stereocenters. The minimum absolute atomic E-state index is 0.155. The molecular weight excluding hydrogens is 355 g/mol. The Morgan fingerprint density at radius 1 is 1.27 bits per heavy atom. The summed E-state index contributed by atoms with van der Waals surface area (Å²) in [5.74, 6) is -0.634. The second kappa shape index (κ2) is 9.58. The largest absolute Gasteiger partial charge is 0.456 e. The number of carbonyl (C=O) groups excluding carboxylic acids is 2. The molecule has 0 N–H and O–H groups in total. The van der Waals surface area contributed by atoms with E-state index >= 15 is 0 Å². The molecule has 0 heterocycles. The van der Waals surface area contributed by atoms with E-state index in [4.69, 9.17) is 4.74 Å². The molecule has 140 valence electrons. The van der Waals surface area contributed by atoms with Gasteiger partial charge in [0.05, 0.1) is 12.5 Å². The molecule has 0 aliphatic heterocycles. The van der Waals surface area contributed by atoms with E-state index in [9.17, 15) is 19.2 Å². The van der Waals surface area contributed by atoms with Crippen LogP contribution in [-0.2, 0) is 14.3 Å². The Labute approximate surface area is 157 Å². The summed E-state index contributed by atoms with van der Waals surface area (Å²) in [6, 6.07) is 8.31. The number of nitrogens with zero attached hydrogens (tertiary/aromatic N) is 2.